The summed E-state index contributed by atoms with van der Waals surface area (Å²) in [5.41, 5.74) is -0.920. The molecule has 23 heavy (non-hydrogen) atoms. The fraction of sp³-hybridized carbons (Fsp3) is 0.688. The van der Waals surface area contributed by atoms with E-state index in [2.05, 4.69) is 15.1 Å². The van der Waals surface area contributed by atoms with Gasteiger partial charge in [0.1, 0.15) is 0 Å². The van der Waals surface area contributed by atoms with E-state index in [0.29, 0.717) is 23.6 Å². The number of rotatable bonds is 1. The van der Waals surface area contributed by atoms with Crippen LogP contribution in [0.5, 0.6) is 0 Å². The zero-order valence-electron chi connectivity index (χ0n) is 12.6. The van der Waals surface area contributed by atoms with Crippen LogP contribution < -0.4 is 0 Å². The van der Waals surface area contributed by atoms with Crippen molar-refractivity contribution in [2.75, 3.05) is 0 Å². The Labute approximate surface area is 131 Å². The summed E-state index contributed by atoms with van der Waals surface area (Å²) < 4.78 is 40.4. The topological polar surface area (TPSA) is 43.1 Å². The van der Waals surface area contributed by atoms with Gasteiger partial charge in [0.05, 0.1) is 0 Å². The number of aromatic nitrogens is 4. The zero-order valence-corrected chi connectivity index (χ0v) is 12.6. The molecule has 4 aliphatic rings. The van der Waals surface area contributed by atoms with Gasteiger partial charge in [-0.15, -0.1) is 5.10 Å². The molecule has 7 heteroatoms. The molecule has 4 nitrogen and oxygen atoms in total. The average molecular weight is 322 g/mol. The number of halogens is 3. The van der Waals surface area contributed by atoms with Crippen molar-refractivity contribution in [2.24, 2.45) is 17.8 Å². The van der Waals surface area contributed by atoms with E-state index in [1.165, 1.54) is 19.3 Å². The van der Waals surface area contributed by atoms with E-state index in [4.69, 9.17) is 0 Å². The van der Waals surface area contributed by atoms with Crippen molar-refractivity contribution in [1.29, 1.82) is 0 Å². The van der Waals surface area contributed by atoms with Crippen LogP contribution in [-0.4, -0.2) is 19.6 Å². The number of hydrogen-bond donors (Lipinski definition) is 0. The highest BCUT2D eigenvalue weighted by molar-refractivity contribution is 5.32. The van der Waals surface area contributed by atoms with Crippen LogP contribution in [0.2, 0.25) is 0 Å². The molecule has 0 aromatic carbocycles. The van der Waals surface area contributed by atoms with Gasteiger partial charge in [0, 0.05) is 11.6 Å². The predicted molar refractivity (Wildman–Crippen MR) is 75.6 cm³/mol. The molecule has 0 N–H and O–H groups in total. The van der Waals surface area contributed by atoms with E-state index in [1.807, 2.05) is 0 Å². The van der Waals surface area contributed by atoms with Crippen LogP contribution >= 0.6 is 0 Å². The van der Waals surface area contributed by atoms with Crippen molar-refractivity contribution < 1.29 is 13.2 Å². The van der Waals surface area contributed by atoms with Crippen molar-refractivity contribution in [2.45, 2.75) is 50.1 Å². The summed E-state index contributed by atoms with van der Waals surface area (Å²) in [6.45, 7) is 0. The number of alkyl halides is 3. The maximum Gasteiger partial charge on any atom is 0.433 e. The molecule has 4 fully saturated rings. The number of nitrogens with zero attached hydrogens (tertiary/aromatic N) is 4. The van der Waals surface area contributed by atoms with Crippen LogP contribution in [0.1, 0.15) is 50.0 Å². The molecule has 0 atom stereocenters. The Balaban J connectivity index is 1.64. The second kappa shape index (κ2) is 4.24. The summed E-state index contributed by atoms with van der Waals surface area (Å²) in [6, 6.07) is 0.963. The van der Waals surface area contributed by atoms with Crippen molar-refractivity contribution >= 4 is 5.78 Å². The largest absolute Gasteiger partial charge is 0.433 e. The molecule has 2 aromatic rings. The fourth-order valence-corrected chi connectivity index (χ4v) is 5.62. The molecule has 0 unspecified atom stereocenters. The Morgan fingerprint density at radius 2 is 1.65 bits per heavy atom. The Kier molecular flexibility index (Phi) is 2.54. The Bertz CT molecular complexity index is 744. The second-order valence-corrected chi connectivity index (χ2v) is 7.67. The molecule has 0 spiro atoms. The number of hydrogen-bond acceptors (Lipinski definition) is 3. The molecule has 2 heterocycles. The molecular formula is C16H17F3N4. The van der Waals surface area contributed by atoms with E-state index < -0.39 is 11.9 Å². The summed E-state index contributed by atoms with van der Waals surface area (Å²) in [6.07, 6.45) is 3.62. The first kappa shape index (κ1) is 13.7. The molecular weight excluding hydrogens is 305 g/mol. The molecule has 0 saturated heterocycles. The molecule has 2 aromatic heterocycles. The second-order valence-electron chi connectivity index (χ2n) is 7.67. The highest BCUT2D eigenvalue weighted by Gasteiger charge is 2.53. The normalized spacial score (nSPS) is 36.0. The SMILES string of the molecule is FC(F)(F)c1ccnc2nc(C34CC5CC(CC(C5)C3)C4)nn12. The zero-order chi connectivity index (χ0) is 15.8. The first-order valence-corrected chi connectivity index (χ1v) is 8.22. The summed E-state index contributed by atoms with van der Waals surface area (Å²) in [7, 11) is 0. The Morgan fingerprint density at radius 1 is 1.04 bits per heavy atom. The van der Waals surface area contributed by atoms with Gasteiger partial charge in [0.25, 0.3) is 5.78 Å². The lowest BCUT2D eigenvalue weighted by atomic mass is 9.49. The maximum atomic E-state index is 13.2. The monoisotopic (exact) mass is 322 g/mol. The van der Waals surface area contributed by atoms with Crippen molar-refractivity contribution in [3.63, 3.8) is 0 Å². The minimum atomic E-state index is -4.45. The van der Waals surface area contributed by atoms with Gasteiger partial charge in [-0.25, -0.2) is 4.98 Å². The molecule has 0 aliphatic heterocycles. The summed E-state index contributed by atoms with van der Waals surface area (Å²) >= 11 is 0. The third-order valence-electron chi connectivity index (χ3n) is 6.04. The van der Waals surface area contributed by atoms with E-state index in [-0.39, 0.29) is 11.2 Å². The Morgan fingerprint density at radius 3 is 2.22 bits per heavy atom. The molecule has 0 amide bonds. The maximum absolute atomic E-state index is 13.2. The smallest absolute Gasteiger partial charge is 0.220 e. The van der Waals surface area contributed by atoms with E-state index in [9.17, 15) is 13.2 Å². The Hall–Kier alpha value is -1.66. The molecule has 122 valence electrons. The van der Waals surface area contributed by atoms with Crippen LogP contribution in [0.4, 0.5) is 13.2 Å². The standard InChI is InChI=1S/C16H17F3N4/c17-16(18,19)12-1-2-20-14-21-13(22-23(12)14)15-6-9-3-10(7-15)5-11(4-9)8-15/h1-2,9-11H,3-8H2. The van der Waals surface area contributed by atoms with Crippen LogP contribution in [0, 0.1) is 17.8 Å². The molecule has 6 rings (SSSR count). The summed E-state index contributed by atoms with van der Waals surface area (Å²) in [4.78, 5) is 8.41. The third-order valence-corrected chi connectivity index (χ3v) is 6.04. The third kappa shape index (κ3) is 1.94. The van der Waals surface area contributed by atoms with E-state index in [0.717, 1.165) is 36.0 Å². The number of fused-ring (bicyclic) bond motifs is 1. The van der Waals surface area contributed by atoms with Crippen LogP contribution in [0.15, 0.2) is 12.3 Å². The minimum absolute atomic E-state index is 0.0607. The highest BCUT2D eigenvalue weighted by atomic mass is 19.4. The lowest BCUT2D eigenvalue weighted by molar-refractivity contribution is -0.142. The summed E-state index contributed by atoms with van der Waals surface area (Å²) in [5, 5.41) is 4.29. The van der Waals surface area contributed by atoms with Crippen LogP contribution in [0.25, 0.3) is 5.78 Å². The van der Waals surface area contributed by atoms with Crippen molar-refractivity contribution in [1.82, 2.24) is 19.6 Å². The first-order valence-electron chi connectivity index (χ1n) is 8.22. The van der Waals surface area contributed by atoms with E-state index in [1.54, 1.807) is 0 Å². The van der Waals surface area contributed by atoms with Crippen molar-refractivity contribution in [3.05, 3.63) is 23.8 Å². The molecule has 4 bridgehead atoms. The average Bonchev–Trinajstić information content (AvgIpc) is 2.89. The molecule has 4 saturated carbocycles. The minimum Gasteiger partial charge on any atom is -0.220 e. The van der Waals surface area contributed by atoms with Crippen LogP contribution in [0.3, 0.4) is 0 Å². The molecule has 0 radical (unpaired) electrons. The van der Waals surface area contributed by atoms with E-state index >= 15 is 0 Å². The van der Waals surface area contributed by atoms with Gasteiger partial charge >= 0.3 is 6.18 Å². The quantitative estimate of drug-likeness (QED) is 0.805. The predicted octanol–water partition coefficient (Wildman–Crippen LogP) is 3.61. The summed E-state index contributed by atoms with van der Waals surface area (Å²) in [5.74, 6) is 2.74. The van der Waals surface area contributed by atoms with Gasteiger partial charge in [0.2, 0.25) is 0 Å². The fourth-order valence-electron chi connectivity index (χ4n) is 5.62. The highest BCUT2D eigenvalue weighted by Crippen LogP contribution is 2.60. The first-order chi connectivity index (χ1) is 10.9. The van der Waals surface area contributed by atoms with Crippen molar-refractivity contribution in [3.8, 4) is 0 Å². The van der Waals surface area contributed by atoms with Gasteiger partial charge in [-0.1, -0.05) is 0 Å². The lowest BCUT2D eigenvalue weighted by Gasteiger charge is -2.55. The lowest BCUT2D eigenvalue weighted by Crippen LogP contribution is -2.49. The van der Waals surface area contributed by atoms with Gasteiger partial charge in [-0.05, 0) is 62.3 Å². The van der Waals surface area contributed by atoms with Gasteiger partial charge in [-0.3, -0.25) is 0 Å². The molecule has 4 aliphatic carbocycles. The van der Waals surface area contributed by atoms with Crippen LogP contribution in [-0.2, 0) is 11.6 Å². The van der Waals surface area contributed by atoms with Gasteiger partial charge in [-0.2, -0.15) is 22.7 Å². The van der Waals surface area contributed by atoms with Gasteiger partial charge < -0.3 is 0 Å². The van der Waals surface area contributed by atoms with Gasteiger partial charge in [0.15, 0.2) is 11.5 Å².